The number of quaternary nitrogens is 1. The monoisotopic (exact) mass is 409 g/mol. The van der Waals surface area contributed by atoms with Crippen molar-refractivity contribution in [2.24, 2.45) is 0 Å². The van der Waals surface area contributed by atoms with Crippen molar-refractivity contribution >= 4 is 5.91 Å². The predicted molar refractivity (Wildman–Crippen MR) is 117 cm³/mol. The average molecular weight is 410 g/mol. The molecule has 0 radical (unpaired) electrons. The molecule has 0 saturated carbocycles. The molecule has 5 heteroatoms. The van der Waals surface area contributed by atoms with E-state index in [-0.39, 0.29) is 18.0 Å². The molecule has 0 spiro atoms. The van der Waals surface area contributed by atoms with Gasteiger partial charge in [0.2, 0.25) is 0 Å². The maximum Gasteiger partial charge on any atom is 0.285 e. The Morgan fingerprint density at radius 1 is 1.03 bits per heavy atom. The maximum absolute atomic E-state index is 13.6. The van der Waals surface area contributed by atoms with Gasteiger partial charge < -0.3 is 19.3 Å². The fourth-order valence-electron chi connectivity index (χ4n) is 4.87. The fraction of sp³-hybridized carbons (Fsp3) is 0.480. The molecule has 0 bridgehead atoms. The van der Waals surface area contributed by atoms with Gasteiger partial charge >= 0.3 is 0 Å². The van der Waals surface area contributed by atoms with E-state index in [9.17, 15) is 4.79 Å². The zero-order valence-corrected chi connectivity index (χ0v) is 18.1. The molecule has 1 saturated heterocycles. The van der Waals surface area contributed by atoms with E-state index in [0.717, 1.165) is 56.0 Å². The largest absolute Gasteiger partial charge is 0.490 e. The Labute approximate surface area is 179 Å². The molecule has 0 aromatic heterocycles. The highest BCUT2D eigenvalue weighted by Crippen LogP contribution is 2.34. The third kappa shape index (κ3) is 4.17. The van der Waals surface area contributed by atoms with Crippen molar-refractivity contribution in [2.45, 2.75) is 45.2 Å². The van der Waals surface area contributed by atoms with Crippen molar-refractivity contribution in [3.05, 3.63) is 59.7 Å². The van der Waals surface area contributed by atoms with Crippen molar-refractivity contribution in [1.82, 2.24) is 4.90 Å². The highest BCUT2D eigenvalue weighted by atomic mass is 16.5. The third-order valence-corrected chi connectivity index (χ3v) is 6.41. The number of hydrogen-bond acceptors (Lipinski definition) is 3. The summed E-state index contributed by atoms with van der Waals surface area (Å²) in [7, 11) is 0. The van der Waals surface area contributed by atoms with Gasteiger partial charge in [0.05, 0.1) is 19.8 Å². The van der Waals surface area contributed by atoms with E-state index in [1.165, 1.54) is 10.5 Å². The Morgan fingerprint density at radius 3 is 2.50 bits per heavy atom. The Morgan fingerprint density at radius 2 is 1.77 bits per heavy atom. The molecule has 1 unspecified atom stereocenters. The van der Waals surface area contributed by atoms with Crippen LogP contribution in [0.3, 0.4) is 0 Å². The molecular weight excluding hydrogens is 376 g/mol. The number of carbonyl (C=O) groups excluding carboxylic acids is 1. The normalized spacial score (nSPS) is 21.7. The first-order valence-electron chi connectivity index (χ1n) is 11.3. The van der Waals surface area contributed by atoms with E-state index in [2.05, 4.69) is 38.1 Å². The van der Waals surface area contributed by atoms with E-state index < -0.39 is 0 Å². The van der Waals surface area contributed by atoms with Crippen LogP contribution in [0.15, 0.2) is 48.5 Å². The lowest BCUT2D eigenvalue weighted by Crippen LogP contribution is -3.11. The van der Waals surface area contributed by atoms with E-state index in [1.807, 2.05) is 29.2 Å². The van der Waals surface area contributed by atoms with E-state index in [1.54, 1.807) is 0 Å². The van der Waals surface area contributed by atoms with Gasteiger partial charge in [-0.05, 0) is 32.0 Å². The summed E-state index contributed by atoms with van der Waals surface area (Å²) < 4.78 is 11.8. The minimum Gasteiger partial charge on any atom is -0.490 e. The average Bonchev–Trinajstić information content (AvgIpc) is 3.13. The number of nitrogens with one attached hydrogen (secondary N) is 1. The molecule has 160 valence electrons. The molecule has 2 aromatic carbocycles. The van der Waals surface area contributed by atoms with Gasteiger partial charge in [0, 0.05) is 43.5 Å². The number of nitrogens with zero attached hydrogens (tertiary/aromatic N) is 1. The van der Waals surface area contributed by atoms with Gasteiger partial charge in [-0.2, -0.15) is 0 Å². The molecule has 2 aliphatic heterocycles. The zero-order chi connectivity index (χ0) is 20.9. The van der Waals surface area contributed by atoms with Gasteiger partial charge in [0.1, 0.15) is 6.04 Å². The summed E-state index contributed by atoms with van der Waals surface area (Å²) in [6, 6.07) is 16.7. The summed E-state index contributed by atoms with van der Waals surface area (Å²) in [6.07, 6.45) is 3.09. The molecule has 2 aliphatic rings. The van der Waals surface area contributed by atoms with Crippen molar-refractivity contribution in [1.29, 1.82) is 0 Å². The van der Waals surface area contributed by atoms with Crippen LogP contribution in [0.1, 0.15) is 56.3 Å². The van der Waals surface area contributed by atoms with Crippen LogP contribution in [0, 0.1) is 0 Å². The van der Waals surface area contributed by atoms with Crippen LogP contribution >= 0.6 is 0 Å². The highest BCUT2D eigenvalue weighted by Gasteiger charge is 2.42. The molecule has 4 rings (SSSR count). The third-order valence-electron chi connectivity index (χ3n) is 6.41. The van der Waals surface area contributed by atoms with Crippen LogP contribution in [0.4, 0.5) is 0 Å². The number of amides is 1. The Bertz CT molecular complexity index is 851. The lowest BCUT2D eigenvalue weighted by atomic mass is 9.98. The molecule has 1 amide bonds. The second kappa shape index (κ2) is 9.52. The second-order valence-electron chi connectivity index (χ2n) is 8.13. The molecule has 1 fully saturated rings. The van der Waals surface area contributed by atoms with Crippen LogP contribution in [-0.4, -0.2) is 43.7 Å². The van der Waals surface area contributed by atoms with Crippen LogP contribution in [0.25, 0.3) is 0 Å². The van der Waals surface area contributed by atoms with Crippen molar-refractivity contribution in [3.8, 4) is 11.5 Å². The first kappa shape index (κ1) is 20.7. The summed E-state index contributed by atoms with van der Waals surface area (Å²) in [5.41, 5.74) is 2.34. The number of benzene rings is 2. The lowest BCUT2D eigenvalue weighted by molar-refractivity contribution is -0.940. The van der Waals surface area contributed by atoms with E-state index in [4.69, 9.17) is 9.47 Å². The summed E-state index contributed by atoms with van der Waals surface area (Å²) >= 11 is 0. The predicted octanol–water partition coefficient (Wildman–Crippen LogP) is 3.18. The molecule has 5 nitrogen and oxygen atoms in total. The summed E-state index contributed by atoms with van der Waals surface area (Å²) in [4.78, 5) is 16.9. The standard InChI is InChI=1S/C25H32N2O3/c1-3-26(4-2)25(28)24(19-10-6-5-7-11-19)27-15-8-12-21(27)20-13-14-22-23(18-20)30-17-9-16-29-22/h5-7,10-11,13-14,18,21,24H,3-4,8-9,12,15-17H2,1-2H3/p+1/t21-,24-/m1/s1. The minimum absolute atomic E-state index is 0.186. The van der Waals surface area contributed by atoms with Gasteiger partial charge in [-0.15, -0.1) is 0 Å². The van der Waals surface area contributed by atoms with Gasteiger partial charge in [-0.1, -0.05) is 30.3 Å². The molecule has 1 N–H and O–H groups in total. The number of likely N-dealkylation sites (tertiary alicyclic amines) is 1. The topological polar surface area (TPSA) is 43.2 Å². The first-order valence-corrected chi connectivity index (χ1v) is 11.3. The molecule has 30 heavy (non-hydrogen) atoms. The highest BCUT2D eigenvalue weighted by molar-refractivity contribution is 5.82. The molecule has 2 heterocycles. The smallest absolute Gasteiger partial charge is 0.285 e. The number of fused-ring (bicyclic) bond motifs is 1. The van der Waals surface area contributed by atoms with Gasteiger partial charge in [-0.25, -0.2) is 0 Å². The number of rotatable bonds is 6. The number of carbonyl (C=O) groups is 1. The van der Waals surface area contributed by atoms with Gasteiger partial charge in [0.25, 0.3) is 5.91 Å². The summed E-state index contributed by atoms with van der Waals surface area (Å²) in [6.45, 7) is 7.97. The summed E-state index contributed by atoms with van der Waals surface area (Å²) in [5.74, 6) is 1.89. The fourth-order valence-corrected chi connectivity index (χ4v) is 4.87. The van der Waals surface area contributed by atoms with Crippen LogP contribution in [-0.2, 0) is 4.79 Å². The quantitative estimate of drug-likeness (QED) is 0.797. The van der Waals surface area contributed by atoms with Gasteiger partial charge in [-0.3, -0.25) is 4.79 Å². The maximum atomic E-state index is 13.6. The van der Waals surface area contributed by atoms with Crippen LogP contribution < -0.4 is 14.4 Å². The van der Waals surface area contributed by atoms with Crippen LogP contribution in [0.5, 0.6) is 11.5 Å². The molecule has 3 atom stereocenters. The van der Waals surface area contributed by atoms with Crippen molar-refractivity contribution in [3.63, 3.8) is 0 Å². The Balaban J connectivity index is 1.68. The van der Waals surface area contributed by atoms with Gasteiger partial charge in [0.15, 0.2) is 17.5 Å². The summed E-state index contributed by atoms with van der Waals surface area (Å²) in [5, 5.41) is 0. The lowest BCUT2D eigenvalue weighted by Gasteiger charge is -2.33. The zero-order valence-electron chi connectivity index (χ0n) is 18.1. The van der Waals surface area contributed by atoms with Crippen molar-refractivity contribution in [2.75, 3.05) is 32.8 Å². The van der Waals surface area contributed by atoms with E-state index >= 15 is 0 Å². The Hall–Kier alpha value is -2.53. The number of likely N-dealkylation sites (N-methyl/N-ethyl adjacent to an activating group) is 1. The molecule has 2 aromatic rings. The minimum atomic E-state index is -0.186. The first-order chi connectivity index (χ1) is 14.7. The number of ether oxygens (including phenoxy) is 2. The second-order valence-corrected chi connectivity index (χ2v) is 8.13. The molecular formula is C25H33N2O3+. The van der Waals surface area contributed by atoms with Crippen molar-refractivity contribution < 1.29 is 19.2 Å². The molecule has 0 aliphatic carbocycles. The SMILES string of the molecule is CCN(CC)C(=O)[C@@H](c1ccccc1)[NH+]1CCC[C@@H]1c1ccc2c(c1)OCCCO2. The Kier molecular flexibility index (Phi) is 6.58. The number of hydrogen-bond donors (Lipinski definition) is 1. The van der Waals surface area contributed by atoms with E-state index in [0.29, 0.717) is 13.2 Å². The van der Waals surface area contributed by atoms with Crippen LogP contribution in [0.2, 0.25) is 0 Å².